The number of nitrogen functional groups attached to an aromatic ring is 1. The van der Waals surface area contributed by atoms with Crippen molar-refractivity contribution < 1.29 is 19.4 Å². The summed E-state index contributed by atoms with van der Waals surface area (Å²) in [6.45, 7) is 3.39. The van der Waals surface area contributed by atoms with Crippen LogP contribution in [0.1, 0.15) is 35.1 Å². The van der Waals surface area contributed by atoms with Crippen molar-refractivity contribution in [3.8, 4) is 11.5 Å². The number of para-hydroxylation sites is 1. The van der Waals surface area contributed by atoms with Gasteiger partial charge < -0.3 is 20.5 Å². The van der Waals surface area contributed by atoms with Gasteiger partial charge in [-0.2, -0.15) is 0 Å². The fourth-order valence-corrected chi connectivity index (χ4v) is 4.88. The molecule has 0 spiro atoms. The first-order valence-electron chi connectivity index (χ1n) is 12.0. The predicted octanol–water partition coefficient (Wildman–Crippen LogP) is 5.46. The van der Waals surface area contributed by atoms with Gasteiger partial charge in [0.15, 0.2) is 0 Å². The molecule has 0 aliphatic carbocycles. The zero-order valence-electron chi connectivity index (χ0n) is 21.1. The van der Waals surface area contributed by atoms with E-state index >= 15 is 0 Å². The van der Waals surface area contributed by atoms with Crippen molar-refractivity contribution in [2.45, 2.75) is 26.8 Å². The number of nitrogens with two attached hydrogens (primary N) is 1. The minimum absolute atomic E-state index is 0.131. The normalized spacial score (nSPS) is 11.7. The number of anilines is 1. The number of hydrogen-bond acceptors (Lipinski definition) is 8. The van der Waals surface area contributed by atoms with Crippen LogP contribution in [0.15, 0.2) is 83.5 Å². The summed E-state index contributed by atoms with van der Waals surface area (Å²) in [6, 6.07) is 20.6. The SMILES string of the molecule is CC(=C(CCO)SC(=O)c1ccccc1Oc1cccc2ccccc12)N(C=O)Cc1cnc(C)nc1N. The summed E-state index contributed by atoms with van der Waals surface area (Å²) in [4.78, 5) is 35.8. The molecule has 0 saturated carbocycles. The minimum Gasteiger partial charge on any atom is -0.456 e. The van der Waals surface area contributed by atoms with E-state index in [9.17, 15) is 14.7 Å². The number of thioether (sulfide) groups is 1. The number of fused-ring (bicyclic) bond motifs is 1. The maximum atomic E-state index is 13.5. The monoisotopic (exact) mass is 528 g/mol. The van der Waals surface area contributed by atoms with E-state index in [4.69, 9.17) is 10.5 Å². The highest BCUT2D eigenvalue weighted by Gasteiger charge is 2.20. The van der Waals surface area contributed by atoms with E-state index in [0.717, 1.165) is 22.5 Å². The fourth-order valence-electron chi connectivity index (χ4n) is 3.91. The lowest BCUT2D eigenvalue weighted by Crippen LogP contribution is -2.22. The molecular weight excluding hydrogens is 500 g/mol. The number of aliphatic hydroxyl groups is 1. The van der Waals surface area contributed by atoms with Crippen LogP contribution in [0.3, 0.4) is 0 Å². The molecule has 3 N–H and O–H groups in total. The zero-order chi connectivity index (χ0) is 27.1. The maximum Gasteiger partial charge on any atom is 0.227 e. The van der Waals surface area contributed by atoms with Crippen molar-refractivity contribution in [1.82, 2.24) is 14.9 Å². The van der Waals surface area contributed by atoms with Gasteiger partial charge in [0.1, 0.15) is 23.1 Å². The third-order valence-corrected chi connectivity index (χ3v) is 7.10. The Hall–Kier alpha value is -4.21. The lowest BCUT2D eigenvalue weighted by molar-refractivity contribution is -0.116. The fraction of sp³-hybridized carbons (Fsp3) is 0.172. The lowest BCUT2D eigenvalue weighted by Gasteiger charge is -2.22. The molecule has 0 aliphatic heterocycles. The second kappa shape index (κ2) is 12.4. The molecule has 1 heterocycles. The second-order valence-corrected chi connectivity index (χ2v) is 9.58. The standard InChI is InChI=1S/C29H28N4O4S/c1-19(33(18-35)17-22-16-31-20(2)32-28(22)30)27(14-15-34)38-29(36)24-11-5-6-12-26(24)37-25-13-7-9-21-8-3-4-10-23(21)25/h3-13,16,18,34H,14-15,17H2,1-2H3,(H2,30,31,32). The van der Waals surface area contributed by atoms with Gasteiger partial charge in [-0.15, -0.1) is 0 Å². The Morgan fingerprint density at radius 3 is 2.55 bits per heavy atom. The predicted molar refractivity (Wildman–Crippen MR) is 150 cm³/mol. The van der Waals surface area contributed by atoms with Gasteiger partial charge in [0.25, 0.3) is 0 Å². The number of nitrogens with zero attached hydrogens (tertiary/aromatic N) is 3. The van der Waals surface area contributed by atoms with Crippen molar-refractivity contribution in [2.24, 2.45) is 0 Å². The maximum absolute atomic E-state index is 13.5. The summed E-state index contributed by atoms with van der Waals surface area (Å²) < 4.78 is 6.22. The van der Waals surface area contributed by atoms with Gasteiger partial charge in [-0.1, -0.05) is 48.5 Å². The lowest BCUT2D eigenvalue weighted by atomic mass is 10.1. The number of ether oxygens (including phenoxy) is 1. The number of hydrogen-bond donors (Lipinski definition) is 2. The largest absolute Gasteiger partial charge is 0.456 e. The summed E-state index contributed by atoms with van der Waals surface area (Å²) in [6.07, 6.45) is 2.43. The van der Waals surface area contributed by atoms with Gasteiger partial charge >= 0.3 is 0 Å². The summed E-state index contributed by atoms with van der Waals surface area (Å²) in [5, 5.41) is 11.4. The first-order chi connectivity index (χ1) is 18.4. The average molecular weight is 529 g/mol. The van der Waals surface area contributed by atoms with E-state index in [1.54, 1.807) is 44.3 Å². The molecule has 3 aromatic carbocycles. The molecule has 8 nitrogen and oxygen atoms in total. The van der Waals surface area contributed by atoms with Crippen molar-refractivity contribution in [3.05, 3.63) is 100 Å². The molecule has 0 atom stereocenters. The van der Waals surface area contributed by atoms with Crippen molar-refractivity contribution in [1.29, 1.82) is 0 Å². The van der Waals surface area contributed by atoms with Crippen LogP contribution in [0.2, 0.25) is 0 Å². The molecule has 4 aromatic rings. The Morgan fingerprint density at radius 2 is 1.79 bits per heavy atom. The molecule has 38 heavy (non-hydrogen) atoms. The molecule has 194 valence electrons. The Kier molecular flexibility index (Phi) is 8.73. The number of benzene rings is 3. The smallest absolute Gasteiger partial charge is 0.227 e. The molecule has 0 unspecified atom stereocenters. The number of allylic oxidation sites excluding steroid dienone is 1. The van der Waals surface area contributed by atoms with Crippen molar-refractivity contribution >= 4 is 39.9 Å². The highest BCUT2D eigenvalue weighted by Crippen LogP contribution is 2.35. The van der Waals surface area contributed by atoms with Crippen LogP contribution in [0.5, 0.6) is 11.5 Å². The zero-order valence-corrected chi connectivity index (χ0v) is 21.9. The van der Waals surface area contributed by atoms with Gasteiger partial charge in [-0.25, -0.2) is 9.97 Å². The molecule has 0 bridgehead atoms. The van der Waals surface area contributed by atoms with Gasteiger partial charge in [-0.3, -0.25) is 9.59 Å². The summed E-state index contributed by atoms with van der Waals surface area (Å²) >= 11 is 0.957. The van der Waals surface area contributed by atoms with Crippen molar-refractivity contribution in [3.63, 3.8) is 0 Å². The minimum atomic E-state index is -0.271. The molecule has 1 aromatic heterocycles. The molecular formula is C29H28N4O4S. The first kappa shape index (κ1) is 26.8. The number of aliphatic hydroxyl groups excluding tert-OH is 1. The van der Waals surface area contributed by atoms with E-state index < -0.39 is 0 Å². The summed E-state index contributed by atoms with van der Waals surface area (Å²) in [5.74, 6) is 1.87. The van der Waals surface area contributed by atoms with E-state index in [0.29, 0.717) is 45.5 Å². The molecule has 0 radical (unpaired) electrons. The van der Waals surface area contributed by atoms with Crippen LogP contribution in [-0.2, 0) is 11.3 Å². The van der Waals surface area contributed by atoms with Gasteiger partial charge in [0, 0.05) is 40.8 Å². The number of rotatable bonds is 10. The first-order valence-corrected chi connectivity index (χ1v) is 12.8. The van der Waals surface area contributed by atoms with Crippen LogP contribution in [-0.4, -0.2) is 38.1 Å². The number of carbonyl (C=O) groups is 2. The number of aromatic nitrogens is 2. The van der Waals surface area contributed by atoms with Gasteiger partial charge in [-0.05, 0) is 49.2 Å². The van der Waals surface area contributed by atoms with Crippen LogP contribution in [0.4, 0.5) is 5.82 Å². The topological polar surface area (TPSA) is 119 Å². The molecule has 0 fully saturated rings. The van der Waals surface area contributed by atoms with E-state index in [1.807, 2.05) is 42.5 Å². The van der Waals surface area contributed by atoms with Gasteiger partial charge in [0.2, 0.25) is 11.5 Å². The van der Waals surface area contributed by atoms with Gasteiger partial charge in [0.05, 0.1) is 12.1 Å². The Labute approximate surface area is 225 Å². The highest BCUT2D eigenvalue weighted by molar-refractivity contribution is 8.17. The third-order valence-electron chi connectivity index (χ3n) is 5.95. The highest BCUT2D eigenvalue weighted by atomic mass is 32.2. The van der Waals surface area contributed by atoms with Crippen LogP contribution < -0.4 is 10.5 Å². The number of carbonyl (C=O) groups excluding carboxylic acids is 2. The number of amides is 1. The molecule has 0 saturated heterocycles. The van der Waals surface area contributed by atoms with Crippen LogP contribution in [0, 0.1) is 6.92 Å². The Morgan fingerprint density at radius 1 is 1.08 bits per heavy atom. The van der Waals surface area contributed by atoms with Crippen LogP contribution in [0.25, 0.3) is 10.8 Å². The van der Waals surface area contributed by atoms with Crippen LogP contribution >= 0.6 is 11.8 Å². The molecule has 4 rings (SSSR count). The Balaban J connectivity index is 1.61. The van der Waals surface area contributed by atoms with E-state index in [-0.39, 0.29) is 30.5 Å². The quantitative estimate of drug-likeness (QED) is 0.261. The van der Waals surface area contributed by atoms with Crippen molar-refractivity contribution in [2.75, 3.05) is 12.3 Å². The second-order valence-electron chi connectivity index (χ2n) is 8.51. The van der Waals surface area contributed by atoms with E-state index in [2.05, 4.69) is 9.97 Å². The number of aryl methyl sites for hydroxylation is 1. The Bertz CT molecular complexity index is 1500. The molecule has 1 amide bonds. The third kappa shape index (κ3) is 6.19. The average Bonchev–Trinajstić information content (AvgIpc) is 2.92. The van der Waals surface area contributed by atoms with E-state index in [1.165, 1.54) is 4.90 Å². The summed E-state index contributed by atoms with van der Waals surface area (Å²) in [5.41, 5.74) is 7.49. The molecule has 9 heteroatoms. The summed E-state index contributed by atoms with van der Waals surface area (Å²) in [7, 11) is 0. The molecule has 0 aliphatic rings.